The Morgan fingerprint density at radius 3 is 1.65 bits per heavy atom. The number of hydrogen-bond donors (Lipinski definition) is 0. The predicted octanol–water partition coefficient (Wildman–Crippen LogP) is 4.12. The van der Waals surface area contributed by atoms with E-state index in [9.17, 15) is 4.79 Å². The number of ketones is 1. The van der Waals surface area contributed by atoms with Crippen molar-refractivity contribution in [1.29, 1.82) is 0 Å². The molecule has 0 radical (unpaired) electrons. The van der Waals surface area contributed by atoms with E-state index in [1.807, 2.05) is 39.8 Å². The lowest BCUT2D eigenvalue weighted by atomic mass is 9.89. The highest BCUT2D eigenvalue weighted by Crippen LogP contribution is 2.19. The van der Waals surface area contributed by atoms with Crippen LogP contribution in [0.5, 0.6) is 0 Å². The van der Waals surface area contributed by atoms with Crippen LogP contribution in [-0.2, 0) is 17.6 Å². The van der Waals surface area contributed by atoms with E-state index in [-0.39, 0.29) is 17.6 Å². The molecule has 0 spiro atoms. The van der Waals surface area contributed by atoms with Gasteiger partial charge in [0.1, 0.15) is 17.3 Å². The van der Waals surface area contributed by atoms with Crippen LogP contribution >= 0.6 is 0 Å². The molecule has 108 valence electrons. The van der Waals surface area contributed by atoms with Crippen LogP contribution in [0.25, 0.3) is 0 Å². The monoisotopic (exact) mass is 274 g/mol. The zero-order valence-corrected chi connectivity index (χ0v) is 12.6. The fourth-order valence-corrected chi connectivity index (χ4v) is 2.49. The molecule has 2 rings (SSSR count). The average molecular weight is 274 g/mol. The smallest absolute Gasteiger partial charge is 0.139 e. The van der Waals surface area contributed by atoms with Crippen LogP contribution in [0.4, 0.5) is 0 Å². The molecule has 2 unspecified atom stereocenters. The zero-order chi connectivity index (χ0) is 14.7. The van der Waals surface area contributed by atoms with Gasteiger partial charge in [0.2, 0.25) is 0 Å². The van der Waals surface area contributed by atoms with E-state index in [2.05, 4.69) is 0 Å². The molecule has 2 aromatic rings. The molecule has 0 N–H and O–H groups in total. The summed E-state index contributed by atoms with van der Waals surface area (Å²) in [5.41, 5.74) is 2.19. The van der Waals surface area contributed by atoms with Gasteiger partial charge in [-0.25, -0.2) is 0 Å². The first kappa shape index (κ1) is 14.6. The molecule has 3 heteroatoms. The number of carbonyl (C=O) groups is 1. The van der Waals surface area contributed by atoms with Crippen molar-refractivity contribution < 1.29 is 13.6 Å². The number of rotatable bonds is 6. The second-order valence-corrected chi connectivity index (χ2v) is 5.79. The number of hydrogen-bond acceptors (Lipinski definition) is 3. The van der Waals surface area contributed by atoms with Gasteiger partial charge in [-0.05, 0) is 37.1 Å². The minimum atomic E-state index is -0.0355. The Labute approximate surface area is 120 Å². The van der Waals surface area contributed by atoms with Crippen LogP contribution in [0.15, 0.2) is 33.5 Å². The van der Waals surface area contributed by atoms with E-state index >= 15 is 0 Å². The summed E-state index contributed by atoms with van der Waals surface area (Å²) >= 11 is 0. The summed E-state index contributed by atoms with van der Waals surface area (Å²) in [5.74, 6) is 1.94. The van der Waals surface area contributed by atoms with Gasteiger partial charge in [0.25, 0.3) is 0 Å². The van der Waals surface area contributed by atoms with Gasteiger partial charge < -0.3 is 8.83 Å². The van der Waals surface area contributed by atoms with Crippen LogP contribution in [0.2, 0.25) is 0 Å². The molecule has 3 nitrogen and oxygen atoms in total. The van der Waals surface area contributed by atoms with Gasteiger partial charge in [-0.15, -0.1) is 0 Å². The van der Waals surface area contributed by atoms with E-state index < -0.39 is 0 Å². The van der Waals surface area contributed by atoms with Crippen LogP contribution < -0.4 is 0 Å². The topological polar surface area (TPSA) is 43.4 Å². The number of carbonyl (C=O) groups excluding carboxylic acids is 1. The maximum absolute atomic E-state index is 12.4. The summed E-state index contributed by atoms with van der Waals surface area (Å²) in [7, 11) is 0. The van der Waals surface area contributed by atoms with Crippen LogP contribution in [0.1, 0.15) is 36.5 Å². The van der Waals surface area contributed by atoms with Crippen LogP contribution in [0.3, 0.4) is 0 Å². The van der Waals surface area contributed by atoms with Crippen molar-refractivity contribution in [2.24, 2.45) is 11.8 Å². The predicted molar refractivity (Wildman–Crippen MR) is 77.6 cm³/mol. The van der Waals surface area contributed by atoms with Crippen molar-refractivity contribution in [2.75, 3.05) is 0 Å². The van der Waals surface area contributed by atoms with Crippen molar-refractivity contribution >= 4 is 5.78 Å². The zero-order valence-electron chi connectivity index (χ0n) is 12.6. The summed E-state index contributed by atoms with van der Waals surface area (Å²) in [6, 6.07) is 3.98. The fourth-order valence-electron chi connectivity index (χ4n) is 2.49. The van der Waals surface area contributed by atoms with Gasteiger partial charge in [-0.1, -0.05) is 13.8 Å². The summed E-state index contributed by atoms with van der Waals surface area (Å²) in [5, 5.41) is 0. The third-order valence-corrected chi connectivity index (χ3v) is 3.56. The normalized spacial score (nSPS) is 14.2. The molecule has 0 aromatic carbocycles. The van der Waals surface area contributed by atoms with Crippen molar-refractivity contribution in [2.45, 2.75) is 40.5 Å². The van der Waals surface area contributed by atoms with Crippen LogP contribution in [-0.4, -0.2) is 5.78 Å². The minimum Gasteiger partial charge on any atom is -0.469 e. The maximum atomic E-state index is 12.4. The van der Waals surface area contributed by atoms with E-state index in [0.29, 0.717) is 12.8 Å². The molecule has 0 amide bonds. The van der Waals surface area contributed by atoms with E-state index in [1.165, 1.54) is 0 Å². The summed E-state index contributed by atoms with van der Waals surface area (Å²) < 4.78 is 10.8. The first-order chi connectivity index (χ1) is 9.45. The first-order valence-electron chi connectivity index (χ1n) is 7.07. The Morgan fingerprint density at radius 1 is 0.950 bits per heavy atom. The van der Waals surface area contributed by atoms with Crippen molar-refractivity contribution in [3.8, 4) is 0 Å². The SMILES string of the molecule is Cc1coc(CC(C)C(=O)C(C)Cc2cc(C)co2)c1. The summed E-state index contributed by atoms with van der Waals surface area (Å²) in [4.78, 5) is 12.4. The van der Waals surface area contributed by atoms with E-state index in [1.54, 1.807) is 12.5 Å². The molecule has 2 atom stereocenters. The third kappa shape index (κ3) is 3.62. The van der Waals surface area contributed by atoms with Gasteiger partial charge in [0.15, 0.2) is 0 Å². The molecule has 0 fully saturated rings. The molecule has 2 heterocycles. The maximum Gasteiger partial charge on any atom is 0.139 e. The van der Waals surface area contributed by atoms with E-state index in [4.69, 9.17) is 8.83 Å². The lowest BCUT2D eigenvalue weighted by molar-refractivity contribution is -0.125. The number of furan rings is 2. The van der Waals surface area contributed by atoms with Crippen molar-refractivity contribution in [1.82, 2.24) is 0 Å². The largest absolute Gasteiger partial charge is 0.469 e. The molecule has 20 heavy (non-hydrogen) atoms. The second kappa shape index (κ2) is 6.12. The average Bonchev–Trinajstić information content (AvgIpc) is 2.97. The number of aryl methyl sites for hydroxylation is 2. The lowest BCUT2D eigenvalue weighted by Crippen LogP contribution is -2.22. The molecular weight excluding hydrogens is 252 g/mol. The van der Waals surface area contributed by atoms with Gasteiger partial charge in [-0.3, -0.25) is 4.79 Å². The highest BCUT2D eigenvalue weighted by atomic mass is 16.3. The highest BCUT2D eigenvalue weighted by molar-refractivity contribution is 5.83. The molecule has 0 saturated carbocycles. The molecule has 0 aliphatic carbocycles. The Morgan fingerprint density at radius 2 is 1.35 bits per heavy atom. The molecule has 0 bridgehead atoms. The minimum absolute atomic E-state index is 0.0355. The standard InChI is InChI=1S/C17H22O3/c1-11-5-15(19-9-11)7-13(3)17(18)14(4)8-16-6-12(2)10-20-16/h5-6,9-10,13-14H,7-8H2,1-4H3. The van der Waals surface area contributed by atoms with Gasteiger partial charge in [0, 0.05) is 24.7 Å². The quantitative estimate of drug-likeness (QED) is 0.796. The lowest BCUT2D eigenvalue weighted by Gasteiger charge is -2.14. The second-order valence-electron chi connectivity index (χ2n) is 5.79. The fraction of sp³-hybridized carbons (Fsp3) is 0.471. The van der Waals surface area contributed by atoms with Crippen LogP contribution in [0, 0.1) is 25.7 Å². The molecule has 0 saturated heterocycles. The molecule has 0 aliphatic rings. The third-order valence-electron chi connectivity index (χ3n) is 3.56. The molecule has 0 aliphatic heterocycles. The van der Waals surface area contributed by atoms with Gasteiger partial charge in [-0.2, -0.15) is 0 Å². The summed E-state index contributed by atoms with van der Waals surface area (Å²) in [6.07, 6.45) is 4.77. The van der Waals surface area contributed by atoms with Gasteiger partial charge >= 0.3 is 0 Å². The Hall–Kier alpha value is -1.77. The highest BCUT2D eigenvalue weighted by Gasteiger charge is 2.22. The van der Waals surface area contributed by atoms with Gasteiger partial charge in [0.05, 0.1) is 12.5 Å². The summed E-state index contributed by atoms with van der Waals surface area (Å²) in [6.45, 7) is 7.90. The Kier molecular flexibility index (Phi) is 4.48. The Bertz CT molecular complexity index is 526. The first-order valence-corrected chi connectivity index (χ1v) is 7.07. The number of Topliss-reactive ketones (excluding diaryl/α,β-unsaturated/α-hetero) is 1. The Balaban J connectivity index is 1.92. The van der Waals surface area contributed by atoms with Crippen molar-refractivity contribution in [3.05, 3.63) is 47.3 Å². The van der Waals surface area contributed by atoms with E-state index in [0.717, 1.165) is 22.6 Å². The molecule has 2 aromatic heterocycles. The van der Waals surface area contributed by atoms with Crippen molar-refractivity contribution in [3.63, 3.8) is 0 Å². The molecular formula is C17H22O3.